The molecule has 11 heteroatoms. The topological polar surface area (TPSA) is 86.8 Å². The molecule has 2 aromatic rings. The van der Waals surface area contributed by atoms with Crippen molar-refractivity contribution < 1.29 is 18.0 Å². The van der Waals surface area contributed by atoms with Crippen molar-refractivity contribution in [1.29, 1.82) is 0 Å². The van der Waals surface area contributed by atoms with E-state index in [2.05, 4.69) is 5.32 Å². The molecular formula is C24H30Cl3N3O4S. The van der Waals surface area contributed by atoms with Crippen LogP contribution in [-0.2, 0) is 26.2 Å². The molecule has 0 radical (unpaired) electrons. The van der Waals surface area contributed by atoms with Crippen LogP contribution in [0, 0.1) is 6.92 Å². The van der Waals surface area contributed by atoms with Gasteiger partial charge in [-0.1, -0.05) is 54.2 Å². The predicted molar refractivity (Wildman–Crippen MR) is 143 cm³/mol. The molecule has 35 heavy (non-hydrogen) atoms. The quantitative estimate of drug-likeness (QED) is 0.388. The molecule has 1 N–H and O–H groups in total. The van der Waals surface area contributed by atoms with E-state index in [4.69, 9.17) is 34.8 Å². The second-order valence-corrected chi connectivity index (χ2v) is 11.4. The van der Waals surface area contributed by atoms with Gasteiger partial charge in [-0.05, 0) is 56.2 Å². The van der Waals surface area contributed by atoms with Crippen LogP contribution in [0.25, 0.3) is 0 Å². The molecule has 2 amide bonds. The fourth-order valence-corrected chi connectivity index (χ4v) is 5.12. The lowest BCUT2D eigenvalue weighted by atomic mass is 10.1. The molecule has 0 bridgehead atoms. The molecule has 1 atom stereocenters. The first-order chi connectivity index (χ1) is 16.4. The zero-order valence-electron chi connectivity index (χ0n) is 20.1. The number of halogens is 3. The van der Waals surface area contributed by atoms with E-state index in [0.717, 1.165) is 23.4 Å². The Morgan fingerprint density at radius 2 is 1.71 bits per heavy atom. The Balaban J connectivity index is 2.44. The van der Waals surface area contributed by atoms with Gasteiger partial charge in [-0.2, -0.15) is 0 Å². The number of anilines is 1. The standard InChI is InChI=1S/C24H30Cl3N3O4S/c1-5-6-12-28-24(32)17(3)29(14-19-20(26)8-7-9-21(19)27)23(31)15-30(35(4,33)34)22-11-10-18(25)13-16(22)2/h7-11,13,17H,5-6,12,14-15H2,1-4H3,(H,28,32)/t17-/m1/s1. The Labute approximate surface area is 222 Å². The van der Waals surface area contributed by atoms with Crippen molar-refractivity contribution in [3.8, 4) is 0 Å². The SMILES string of the molecule is CCCCNC(=O)[C@@H](C)N(Cc1c(Cl)cccc1Cl)C(=O)CN(c1ccc(Cl)cc1C)S(C)(=O)=O. The Bertz CT molecular complexity index is 1150. The first kappa shape index (κ1) is 29.2. The number of unbranched alkanes of at least 4 members (excludes halogenated alkanes) is 1. The molecule has 0 fully saturated rings. The first-order valence-corrected chi connectivity index (χ1v) is 14.1. The monoisotopic (exact) mass is 561 g/mol. The van der Waals surface area contributed by atoms with Crippen LogP contribution in [-0.4, -0.2) is 50.5 Å². The van der Waals surface area contributed by atoms with E-state index in [9.17, 15) is 18.0 Å². The molecule has 2 aromatic carbocycles. The summed E-state index contributed by atoms with van der Waals surface area (Å²) in [4.78, 5) is 27.7. The number of nitrogens with one attached hydrogen (secondary N) is 1. The molecule has 192 valence electrons. The summed E-state index contributed by atoms with van der Waals surface area (Å²) < 4.78 is 26.3. The van der Waals surface area contributed by atoms with Crippen LogP contribution in [0.5, 0.6) is 0 Å². The molecule has 0 heterocycles. The average molecular weight is 563 g/mol. The summed E-state index contributed by atoms with van der Waals surface area (Å²) in [6.07, 6.45) is 2.71. The Hall–Kier alpha value is -2.00. The maximum atomic E-state index is 13.6. The van der Waals surface area contributed by atoms with Gasteiger partial charge in [0.25, 0.3) is 0 Å². The number of nitrogens with zero attached hydrogens (tertiary/aromatic N) is 2. The molecule has 0 aromatic heterocycles. The van der Waals surface area contributed by atoms with Crippen molar-refractivity contribution in [3.05, 3.63) is 62.6 Å². The van der Waals surface area contributed by atoms with Crippen LogP contribution in [0.4, 0.5) is 5.69 Å². The van der Waals surface area contributed by atoms with Crippen molar-refractivity contribution in [2.75, 3.05) is 23.7 Å². The van der Waals surface area contributed by atoms with E-state index >= 15 is 0 Å². The van der Waals surface area contributed by atoms with Gasteiger partial charge in [-0.15, -0.1) is 0 Å². The predicted octanol–water partition coefficient (Wildman–Crippen LogP) is 5.05. The fraction of sp³-hybridized carbons (Fsp3) is 0.417. The summed E-state index contributed by atoms with van der Waals surface area (Å²) in [5, 5.41) is 3.93. The van der Waals surface area contributed by atoms with Gasteiger partial charge in [-0.25, -0.2) is 8.42 Å². The maximum absolute atomic E-state index is 13.6. The lowest BCUT2D eigenvalue weighted by Gasteiger charge is -2.32. The first-order valence-electron chi connectivity index (χ1n) is 11.1. The van der Waals surface area contributed by atoms with E-state index in [-0.39, 0.29) is 12.5 Å². The van der Waals surface area contributed by atoms with Crippen LogP contribution in [0.3, 0.4) is 0 Å². The molecule has 0 aliphatic carbocycles. The number of sulfonamides is 1. The zero-order valence-corrected chi connectivity index (χ0v) is 23.2. The maximum Gasteiger partial charge on any atom is 0.244 e. The van der Waals surface area contributed by atoms with Crippen molar-refractivity contribution in [2.24, 2.45) is 0 Å². The van der Waals surface area contributed by atoms with E-state index in [0.29, 0.717) is 38.4 Å². The van der Waals surface area contributed by atoms with Gasteiger partial charge in [-0.3, -0.25) is 13.9 Å². The van der Waals surface area contributed by atoms with Gasteiger partial charge in [0.15, 0.2) is 0 Å². The third-order valence-corrected chi connectivity index (χ3v) is 7.56. The highest BCUT2D eigenvalue weighted by atomic mass is 35.5. The summed E-state index contributed by atoms with van der Waals surface area (Å²) in [5.41, 5.74) is 1.37. The number of carbonyl (C=O) groups excluding carboxylic acids is 2. The summed E-state index contributed by atoms with van der Waals surface area (Å²) in [6, 6.07) is 8.76. The molecular weight excluding hydrogens is 533 g/mol. The third kappa shape index (κ3) is 8.00. The third-order valence-electron chi connectivity index (χ3n) is 5.49. The fourth-order valence-electron chi connectivity index (χ4n) is 3.47. The normalized spacial score (nSPS) is 12.2. The highest BCUT2D eigenvalue weighted by molar-refractivity contribution is 7.92. The van der Waals surface area contributed by atoms with Gasteiger partial charge >= 0.3 is 0 Å². The van der Waals surface area contributed by atoms with Crippen LogP contribution in [0.1, 0.15) is 37.8 Å². The number of amides is 2. The molecule has 0 spiro atoms. The van der Waals surface area contributed by atoms with Gasteiger partial charge in [0, 0.05) is 33.7 Å². The van der Waals surface area contributed by atoms with Crippen LogP contribution in [0.15, 0.2) is 36.4 Å². The summed E-state index contributed by atoms with van der Waals surface area (Å²) in [5.74, 6) is -0.942. The van der Waals surface area contributed by atoms with Crippen molar-refractivity contribution >= 4 is 62.3 Å². The minimum absolute atomic E-state index is 0.0725. The molecule has 0 aliphatic heterocycles. The molecule has 2 rings (SSSR count). The van der Waals surface area contributed by atoms with Crippen molar-refractivity contribution in [3.63, 3.8) is 0 Å². The second kappa shape index (κ2) is 12.8. The highest BCUT2D eigenvalue weighted by Crippen LogP contribution is 2.28. The van der Waals surface area contributed by atoms with Gasteiger partial charge in [0.05, 0.1) is 11.9 Å². The van der Waals surface area contributed by atoms with E-state index in [1.807, 2.05) is 6.92 Å². The number of hydrogen-bond acceptors (Lipinski definition) is 4. The molecule has 0 aliphatic rings. The van der Waals surface area contributed by atoms with Crippen molar-refractivity contribution in [1.82, 2.24) is 10.2 Å². The van der Waals surface area contributed by atoms with Gasteiger partial charge in [0.1, 0.15) is 12.6 Å². The molecule has 0 saturated carbocycles. The zero-order chi connectivity index (χ0) is 26.3. The molecule has 0 unspecified atom stereocenters. The summed E-state index contributed by atoms with van der Waals surface area (Å²) in [6.45, 7) is 5.17. The lowest BCUT2D eigenvalue weighted by molar-refractivity contribution is -0.139. The van der Waals surface area contributed by atoms with Crippen LogP contribution in [0.2, 0.25) is 15.1 Å². The highest BCUT2D eigenvalue weighted by Gasteiger charge is 2.31. The minimum atomic E-state index is -3.84. The Morgan fingerprint density at radius 3 is 2.26 bits per heavy atom. The smallest absolute Gasteiger partial charge is 0.244 e. The van der Waals surface area contributed by atoms with Gasteiger partial charge in [0.2, 0.25) is 21.8 Å². The average Bonchev–Trinajstić information content (AvgIpc) is 2.76. The van der Waals surface area contributed by atoms with Crippen LogP contribution >= 0.6 is 34.8 Å². The second-order valence-electron chi connectivity index (χ2n) is 8.24. The van der Waals surface area contributed by atoms with Crippen LogP contribution < -0.4 is 9.62 Å². The van der Waals surface area contributed by atoms with E-state index in [1.165, 1.54) is 4.90 Å². The number of carbonyl (C=O) groups is 2. The Kier molecular flexibility index (Phi) is 10.7. The number of benzene rings is 2. The number of aryl methyl sites for hydroxylation is 1. The summed E-state index contributed by atoms with van der Waals surface area (Å²) >= 11 is 18.7. The largest absolute Gasteiger partial charge is 0.354 e. The molecule has 0 saturated heterocycles. The van der Waals surface area contributed by atoms with Crippen molar-refractivity contribution in [2.45, 2.75) is 46.2 Å². The van der Waals surface area contributed by atoms with Gasteiger partial charge < -0.3 is 10.2 Å². The minimum Gasteiger partial charge on any atom is -0.354 e. The lowest BCUT2D eigenvalue weighted by Crippen LogP contribution is -2.51. The number of rotatable bonds is 11. The Morgan fingerprint density at radius 1 is 1.09 bits per heavy atom. The number of hydrogen-bond donors (Lipinski definition) is 1. The summed E-state index contributed by atoms with van der Waals surface area (Å²) in [7, 11) is -3.84. The molecule has 7 nitrogen and oxygen atoms in total. The van der Waals surface area contributed by atoms with E-state index in [1.54, 1.807) is 50.2 Å². The van der Waals surface area contributed by atoms with E-state index < -0.39 is 28.5 Å².